The summed E-state index contributed by atoms with van der Waals surface area (Å²) in [5.41, 5.74) is 1.44. The van der Waals surface area contributed by atoms with Crippen LogP contribution >= 0.6 is 0 Å². The van der Waals surface area contributed by atoms with Gasteiger partial charge in [-0.15, -0.1) is 6.58 Å². The molecule has 0 saturated carbocycles. The lowest BCUT2D eigenvalue weighted by Crippen LogP contribution is -2.27. The Morgan fingerprint density at radius 2 is 1.94 bits per heavy atom. The number of hydrogen-bond donors (Lipinski definition) is 1. The van der Waals surface area contributed by atoms with Crippen LogP contribution in [-0.2, 0) is 6.42 Å². The summed E-state index contributed by atoms with van der Waals surface area (Å²) in [7, 11) is 0. The SMILES string of the molecule is C=CCCCCCNC(C)CCc1ccccc1. The molecule has 1 aromatic rings. The van der Waals surface area contributed by atoms with E-state index in [0.29, 0.717) is 6.04 Å². The van der Waals surface area contributed by atoms with Crippen molar-refractivity contribution in [1.29, 1.82) is 0 Å². The average Bonchev–Trinajstić information content (AvgIpc) is 2.41. The Hall–Kier alpha value is -1.08. The van der Waals surface area contributed by atoms with E-state index in [4.69, 9.17) is 0 Å². The van der Waals surface area contributed by atoms with Crippen LogP contribution in [0.4, 0.5) is 0 Å². The molecule has 0 amide bonds. The topological polar surface area (TPSA) is 12.0 Å². The third-order valence-electron chi connectivity index (χ3n) is 3.29. The van der Waals surface area contributed by atoms with E-state index < -0.39 is 0 Å². The molecular formula is C17H27N. The van der Waals surface area contributed by atoms with E-state index >= 15 is 0 Å². The Morgan fingerprint density at radius 3 is 2.67 bits per heavy atom. The zero-order valence-electron chi connectivity index (χ0n) is 11.7. The van der Waals surface area contributed by atoms with Crippen molar-refractivity contribution in [3.8, 4) is 0 Å². The Balaban J connectivity index is 2.00. The van der Waals surface area contributed by atoms with Crippen LogP contribution in [0.25, 0.3) is 0 Å². The molecule has 0 aliphatic heterocycles. The number of hydrogen-bond acceptors (Lipinski definition) is 1. The van der Waals surface area contributed by atoms with Crippen LogP contribution < -0.4 is 5.32 Å². The van der Waals surface area contributed by atoms with Gasteiger partial charge in [0.15, 0.2) is 0 Å². The molecule has 0 aliphatic rings. The number of nitrogens with one attached hydrogen (secondary N) is 1. The third kappa shape index (κ3) is 7.29. The van der Waals surface area contributed by atoms with E-state index in [1.165, 1.54) is 37.7 Å². The second-order valence-electron chi connectivity index (χ2n) is 5.02. The standard InChI is InChI=1S/C17H27N/c1-3-4-5-6-10-15-18-16(2)13-14-17-11-8-7-9-12-17/h3,7-9,11-12,16,18H,1,4-6,10,13-15H2,2H3. The first kappa shape index (κ1) is 15.0. The highest BCUT2D eigenvalue weighted by atomic mass is 14.9. The highest BCUT2D eigenvalue weighted by Crippen LogP contribution is 2.05. The highest BCUT2D eigenvalue weighted by Gasteiger charge is 2.01. The molecular weight excluding hydrogens is 218 g/mol. The van der Waals surface area contributed by atoms with E-state index in [1.54, 1.807) is 0 Å². The molecule has 1 nitrogen and oxygen atoms in total. The van der Waals surface area contributed by atoms with Crippen LogP contribution in [0.5, 0.6) is 0 Å². The molecule has 18 heavy (non-hydrogen) atoms. The van der Waals surface area contributed by atoms with Crippen molar-refractivity contribution in [3.05, 3.63) is 48.6 Å². The quantitative estimate of drug-likeness (QED) is 0.477. The number of unbranched alkanes of at least 4 members (excludes halogenated alkanes) is 3. The van der Waals surface area contributed by atoms with E-state index in [0.717, 1.165) is 13.0 Å². The van der Waals surface area contributed by atoms with E-state index in [2.05, 4.69) is 49.2 Å². The second kappa shape index (κ2) is 9.90. The number of benzene rings is 1. The van der Waals surface area contributed by atoms with Gasteiger partial charge in [0.25, 0.3) is 0 Å². The fourth-order valence-corrected chi connectivity index (χ4v) is 2.07. The summed E-state index contributed by atoms with van der Waals surface area (Å²) in [6, 6.07) is 11.4. The van der Waals surface area contributed by atoms with Gasteiger partial charge in [-0.05, 0) is 51.1 Å². The van der Waals surface area contributed by atoms with Crippen LogP contribution in [0.2, 0.25) is 0 Å². The van der Waals surface area contributed by atoms with Crippen molar-refractivity contribution >= 4 is 0 Å². The van der Waals surface area contributed by atoms with E-state index in [-0.39, 0.29) is 0 Å². The van der Waals surface area contributed by atoms with Gasteiger partial charge in [0.2, 0.25) is 0 Å². The Labute approximate surface area is 112 Å². The molecule has 0 aromatic heterocycles. The van der Waals surface area contributed by atoms with Crippen molar-refractivity contribution < 1.29 is 0 Å². The fraction of sp³-hybridized carbons (Fsp3) is 0.529. The molecule has 0 fully saturated rings. The summed E-state index contributed by atoms with van der Waals surface area (Å²) >= 11 is 0. The normalized spacial score (nSPS) is 12.3. The first-order valence-electron chi connectivity index (χ1n) is 7.21. The minimum absolute atomic E-state index is 0.615. The smallest absolute Gasteiger partial charge is 0.00418 e. The molecule has 0 saturated heterocycles. The molecule has 100 valence electrons. The fourth-order valence-electron chi connectivity index (χ4n) is 2.07. The van der Waals surface area contributed by atoms with Gasteiger partial charge in [-0.1, -0.05) is 42.8 Å². The summed E-state index contributed by atoms with van der Waals surface area (Å²) < 4.78 is 0. The summed E-state index contributed by atoms with van der Waals surface area (Å²) in [6.45, 7) is 7.17. The molecule has 1 aromatic carbocycles. The highest BCUT2D eigenvalue weighted by molar-refractivity contribution is 5.14. The summed E-state index contributed by atoms with van der Waals surface area (Å²) in [5, 5.41) is 3.60. The summed E-state index contributed by atoms with van der Waals surface area (Å²) in [4.78, 5) is 0. The van der Waals surface area contributed by atoms with Crippen molar-refractivity contribution in [2.24, 2.45) is 0 Å². The maximum atomic E-state index is 3.74. The Bertz CT molecular complexity index is 305. The van der Waals surface area contributed by atoms with Crippen LogP contribution in [0.1, 0.15) is 44.6 Å². The van der Waals surface area contributed by atoms with Gasteiger partial charge in [-0.2, -0.15) is 0 Å². The number of rotatable bonds is 10. The molecule has 1 atom stereocenters. The Kier molecular flexibility index (Phi) is 8.24. The van der Waals surface area contributed by atoms with Gasteiger partial charge >= 0.3 is 0 Å². The molecule has 0 bridgehead atoms. The van der Waals surface area contributed by atoms with Gasteiger partial charge in [0.1, 0.15) is 0 Å². The summed E-state index contributed by atoms with van der Waals surface area (Å²) in [5.74, 6) is 0. The second-order valence-corrected chi connectivity index (χ2v) is 5.02. The van der Waals surface area contributed by atoms with Crippen molar-refractivity contribution in [3.63, 3.8) is 0 Å². The van der Waals surface area contributed by atoms with Crippen molar-refractivity contribution in [2.45, 2.75) is 51.5 Å². The minimum Gasteiger partial charge on any atom is -0.314 e. The van der Waals surface area contributed by atoms with Crippen LogP contribution in [0.3, 0.4) is 0 Å². The van der Waals surface area contributed by atoms with Crippen LogP contribution in [0, 0.1) is 0 Å². The zero-order valence-corrected chi connectivity index (χ0v) is 11.7. The first-order valence-corrected chi connectivity index (χ1v) is 7.21. The van der Waals surface area contributed by atoms with Gasteiger partial charge in [0.05, 0.1) is 0 Å². The molecule has 0 aliphatic carbocycles. The Morgan fingerprint density at radius 1 is 1.17 bits per heavy atom. The monoisotopic (exact) mass is 245 g/mol. The molecule has 0 heterocycles. The summed E-state index contributed by atoms with van der Waals surface area (Å²) in [6.07, 6.45) is 9.43. The van der Waals surface area contributed by atoms with E-state index in [1.807, 2.05) is 6.08 Å². The predicted molar refractivity (Wildman–Crippen MR) is 80.9 cm³/mol. The first-order chi connectivity index (χ1) is 8.83. The largest absolute Gasteiger partial charge is 0.314 e. The predicted octanol–water partition coefficient (Wildman–Crippen LogP) is 4.34. The maximum Gasteiger partial charge on any atom is 0.00418 e. The lowest BCUT2D eigenvalue weighted by atomic mass is 10.1. The number of aryl methyl sites for hydroxylation is 1. The van der Waals surface area contributed by atoms with Gasteiger partial charge in [-0.25, -0.2) is 0 Å². The third-order valence-corrected chi connectivity index (χ3v) is 3.29. The van der Waals surface area contributed by atoms with Gasteiger partial charge in [0, 0.05) is 6.04 Å². The maximum absolute atomic E-state index is 3.74. The van der Waals surface area contributed by atoms with Crippen LogP contribution in [-0.4, -0.2) is 12.6 Å². The van der Waals surface area contributed by atoms with Crippen molar-refractivity contribution in [2.75, 3.05) is 6.54 Å². The molecule has 1 rings (SSSR count). The minimum atomic E-state index is 0.615. The lowest BCUT2D eigenvalue weighted by molar-refractivity contribution is 0.496. The number of allylic oxidation sites excluding steroid dienone is 1. The molecule has 0 radical (unpaired) electrons. The van der Waals surface area contributed by atoms with Crippen molar-refractivity contribution in [1.82, 2.24) is 5.32 Å². The van der Waals surface area contributed by atoms with Gasteiger partial charge in [-0.3, -0.25) is 0 Å². The van der Waals surface area contributed by atoms with E-state index in [9.17, 15) is 0 Å². The zero-order chi connectivity index (χ0) is 13.1. The average molecular weight is 245 g/mol. The van der Waals surface area contributed by atoms with Crippen LogP contribution in [0.15, 0.2) is 43.0 Å². The molecule has 1 heteroatoms. The van der Waals surface area contributed by atoms with Gasteiger partial charge < -0.3 is 5.32 Å². The molecule has 1 unspecified atom stereocenters. The molecule has 1 N–H and O–H groups in total. The lowest BCUT2D eigenvalue weighted by Gasteiger charge is -2.13. The molecule has 0 spiro atoms.